The summed E-state index contributed by atoms with van der Waals surface area (Å²) in [6, 6.07) is 14.1. The molecule has 4 nitrogen and oxygen atoms in total. The Bertz CT molecular complexity index is 1130. The number of carbonyl (C=O) groups excluding carboxylic acids is 1. The summed E-state index contributed by atoms with van der Waals surface area (Å²) in [7, 11) is 1.34. The highest BCUT2D eigenvalue weighted by Crippen LogP contribution is 2.39. The number of hydrogen-bond donors (Lipinski definition) is 0. The average Bonchev–Trinajstić information content (AvgIpc) is 3.32. The zero-order valence-electron chi connectivity index (χ0n) is 17.9. The second kappa shape index (κ2) is 9.87. The lowest BCUT2D eigenvalue weighted by atomic mass is 10.1. The van der Waals surface area contributed by atoms with E-state index in [0.717, 1.165) is 59.7 Å². The summed E-state index contributed by atoms with van der Waals surface area (Å²) < 4.78 is 48.5. The van der Waals surface area contributed by atoms with Gasteiger partial charge < -0.3 is 9.47 Å². The molecule has 1 heterocycles. The van der Waals surface area contributed by atoms with Crippen molar-refractivity contribution in [3.8, 4) is 17.0 Å². The second-order valence-corrected chi connectivity index (χ2v) is 8.67. The van der Waals surface area contributed by atoms with Crippen molar-refractivity contribution in [1.29, 1.82) is 0 Å². The summed E-state index contributed by atoms with van der Waals surface area (Å²) in [5.74, 6) is 1.09. The van der Waals surface area contributed by atoms with Gasteiger partial charge in [0.2, 0.25) is 0 Å². The molecule has 0 aliphatic heterocycles. The summed E-state index contributed by atoms with van der Waals surface area (Å²) in [6.07, 6.45) is -0.576. The lowest BCUT2D eigenvalue weighted by Crippen LogP contribution is -2.13. The number of ether oxygens (including phenoxy) is 2. The highest BCUT2D eigenvalue weighted by atomic mass is 32.2. The molecule has 1 aliphatic rings. The average molecular weight is 474 g/mol. The van der Waals surface area contributed by atoms with Gasteiger partial charge in [0.1, 0.15) is 5.75 Å². The van der Waals surface area contributed by atoms with Gasteiger partial charge in [0.25, 0.3) is 0 Å². The molecule has 33 heavy (non-hydrogen) atoms. The van der Waals surface area contributed by atoms with Crippen molar-refractivity contribution in [2.45, 2.75) is 36.1 Å². The van der Waals surface area contributed by atoms with Crippen LogP contribution in [-0.4, -0.2) is 24.7 Å². The smallest absolute Gasteiger partial charge is 0.417 e. The number of thioether (sulfide) groups is 1. The first-order chi connectivity index (χ1) is 15.8. The van der Waals surface area contributed by atoms with Crippen LogP contribution in [-0.2, 0) is 34.3 Å². The van der Waals surface area contributed by atoms with Crippen molar-refractivity contribution in [1.82, 2.24) is 4.98 Å². The van der Waals surface area contributed by atoms with Crippen LogP contribution in [0.1, 0.15) is 28.7 Å². The van der Waals surface area contributed by atoms with Crippen molar-refractivity contribution in [2.24, 2.45) is 0 Å². The number of pyridine rings is 1. The molecule has 172 valence electrons. The number of halogens is 3. The van der Waals surface area contributed by atoms with Gasteiger partial charge in [-0.25, -0.2) is 4.79 Å². The number of aromatic nitrogens is 1. The van der Waals surface area contributed by atoms with Crippen LogP contribution in [0.25, 0.3) is 11.3 Å². The van der Waals surface area contributed by atoms with E-state index in [0.29, 0.717) is 5.69 Å². The Morgan fingerprint density at radius 1 is 1.03 bits per heavy atom. The van der Waals surface area contributed by atoms with Gasteiger partial charge in [-0.05, 0) is 60.2 Å². The van der Waals surface area contributed by atoms with Gasteiger partial charge in [0.05, 0.1) is 18.4 Å². The summed E-state index contributed by atoms with van der Waals surface area (Å²) in [6.45, 7) is -0.102. The van der Waals surface area contributed by atoms with Crippen molar-refractivity contribution in [3.63, 3.8) is 0 Å². The zero-order valence-corrected chi connectivity index (χ0v) is 18.8. The summed E-state index contributed by atoms with van der Waals surface area (Å²) in [5.41, 5.74) is 4.05. The van der Waals surface area contributed by atoms with E-state index in [2.05, 4.69) is 9.72 Å². The second-order valence-electron chi connectivity index (χ2n) is 7.65. The molecule has 4 rings (SSSR count). The van der Waals surface area contributed by atoms with Gasteiger partial charge in [-0.2, -0.15) is 13.2 Å². The number of carbonyl (C=O) groups is 1. The Hall–Kier alpha value is -3.00. The third-order valence-corrected chi connectivity index (χ3v) is 6.68. The predicted octanol–water partition coefficient (Wildman–Crippen LogP) is 6.10. The maximum absolute atomic E-state index is 12.7. The molecule has 0 saturated carbocycles. The molecule has 1 aliphatic carbocycles. The number of nitrogens with zero attached hydrogens (tertiary/aromatic N) is 1. The van der Waals surface area contributed by atoms with Crippen LogP contribution >= 0.6 is 11.8 Å². The largest absolute Gasteiger partial charge is 0.482 e. The maximum Gasteiger partial charge on any atom is 0.417 e. The number of hydrogen-bond acceptors (Lipinski definition) is 5. The number of benzene rings is 2. The van der Waals surface area contributed by atoms with E-state index in [1.807, 2.05) is 36.4 Å². The van der Waals surface area contributed by atoms with E-state index in [9.17, 15) is 18.0 Å². The minimum absolute atomic E-state index is 0.102. The van der Waals surface area contributed by atoms with Crippen LogP contribution in [0.2, 0.25) is 0 Å². The molecular formula is C25H22F3NO3S. The van der Waals surface area contributed by atoms with Gasteiger partial charge in [0.15, 0.2) is 6.61 Å². The van der Waals surface area contributed by atoms with E-state index in [-0.39, 0.29) is 6.61 Å². The molecule has 3 aromatic rings. The highest BCUT2D eigenvalue weighted by molar-refractivity contribution is 7.98. The van der Waals surface area contributed by atoms with E-state index >= 15 is 0 Å². The molecule has 0 amide bonds. The molecule has 8 heteroatoms. The molecule has 0 radical (unpaired) electrons. The van der Waals surface area contributed by atoms with Gasteiger partial charge >= 0.3 is 12.1 Å². The molecule has 0 saturated heterocycles. The minimum atomic E-state index is -4.39. The standard InChI is InChI=1S/C25H22F3NO3S/c1-31-24(30)14-32-22-11-12-23(20-4-2-3-19(20)22)33-15-16-5-7-17(8-6-16)21-10-9-18(13-29-21)25(26,27)28/h5-13H,2-4,14-15H2,1H3. The molecule has 0 unspecified atom stereocenters. The Morgan fingerprint density at radius 2 is 1.79 bits per heavy atom. The number of methoxy groups -OCH3 is 1. The first-order valence-corrected chi connectivity index (χ1v) is 11.4. The Balaban J connectivity index is 1.41. The van der Waals surface area contributed by atoms with Crippen molar-refractivity contribution in [3.05, 3.63) is 77.0 Å². The topological polar surface area (TPSA) is 48.4 Å². The summed E-state index contributed by atoms with van der Waals surface area (Å²) in [4.78, 5) is 16.5. The number of fused-ring (bicyclic) bond motifs is 1. The van der Waals surface area contributed by atoms with Crippen LogP contribution in [0.3, 0.4) is 0 Å². The minimum Gasteiger partial charge on any atom is -0.482 e. The van der Waals surface area contributed by atoms with E-state index < -0.39 is 17.7 Å². The fourth-order valence-electron chi connectivity index (χ4n) is 3.77. The first kappa shape index (κ1) is 23.2. The Kier molecular flexibility index (Phi) is 6.93. The zero-order chi connectivity index (χ0) is 23.4. The van der Waals surface area contributed by atoms with Gasteiger partial charge in [-0.3, -0.25) is 4.98 Å². The van der Waals surface area contributed by atoms with Crippen LogP contribution in [0.5, 0.6) is 5.75 Å². The molecular weight excluding hydrogens is 451 g/mol. The molecule has 0 spiro atoms. The molecule has 0 atom stereocenters. The van der Waals surface area contributed by atoms with Crippen molar-refractivity contribution < 1.29 is 27.4 Å². The maximum atomic E-state index is 12.7. The monoisotopic (exact) mass is 473 g/mol. The lowest BCUT2D eigenvalue weighted by molar-refractivity contribution is -0.143. The quantitative estimate of drug-likeness (QED) is 0.307. The highest BCUT2D eigenvalue weighted by Gasteiger charge is 2.30. The molecule has 0 fully saturated rings. The van der Waals surface area contributed by atoms with E-state index in [1.165, 1.54) is 23.6 Å². The van der Waals surface area contributed by atoms with Crippen molar-refractivity contribution >= 4 is 17.7 Å². The third kappa shape index (κ3) is 5.50. The molecule has 1 aromatic heterocycles. The normalized spacial score (nSPS) is 13.0. The Morgan fingerprint density at radius 3 is 2.45 bits per heavy atom. The number of rotatable bonds is 7. The number of alkyl halides is 3. The van der Waals surface area contributed by atoms with Crippen LogP contribution in [0.4, 0.5) is 13.2 Å². The van der Waals surface area contributed by atoms with Crippen molar-refractivity contribution in [2.75, 3.05) is 13.7 Å². The van der Waals surface area contributed by atoms with Gasteiger partial charge in [-0.15, -0.1) is 11.8 Å². The lowest BCUT2D eigenvalue weighted by Gasteiger charge is -2.13. The summed E-state index contributed by atoms with van der Waals surface area (Å²) in [5, 5.41) is 0. The van der Waals surface area contributed by atoms with E-state index in [4.69, 9.17) is 4.74 Å². The fraction of sp³-hybridized carbons (Fsp3) is 0.280. The van der Waals surface area contributed by atoms with Crippen LogP contribution in [0, 0.1) is 0 Å². The Labute approximate surface area is 194 Å². The first-order valence-electron chi connectivity index (χ1n) is 10.4. The summed E-state index contributed by atoms with van der Waals surface area (Å²) >= 11 is 1.74. The molecule has 0 bridgehead atoms. The van der Waals surface area contributed by atoms with Crippen LogP contribution in [0.15, 0.2) is 59.6 Å². The number of esters is 1. The van der Waals surface area contributed by atoms with E-state index in [1.54, 1.807) is 11.8 Å². The van der Waals surface area contributed by atoms with Gasteiger partial charge in [-0.1, -0.05) is 24.3 Å². The predicted molar refractivity (Wildman–Crippen MR) is 120 cm³/mol. The third-order valence-electron chi connectivity index (χ3n) is 5.51. The molecule has 2 aromatic carbocycles. The molecule has 0 N–H and O–H groups in total. The fourth-order valence-corrected chi connectivity index (χ4v) is 4.85. The van der Waals surface area contributed by atoms with Crippen LogP contribution < -0.4 is 4.74 Å². The SMILES string of the molecule is COC(=O)COc1ccc(SCc2ccc(-c3ccc(C(F)(F)F)cn3)cc2)c2c1CCC2. The van der Waals surface area contributed by atoms with Gasteiger partial charge in [0, 0.05) is 22.4 Å².